The Bertz CT molecular complexity index is 1130. The molecule has 0 saturated heterocycles. The number of nitrogens with two attached hydrogens (primary N) is 1. The Labute approximate surface area is 151 Å². The number of fused-ring (bicyclic) bond motifs is 1. The largest absolute Gasteiger partial charge is 0.483 e. The number of rotatable bonds is 4. The Balaban J connectivity index is 1.71. The highest BCUT2D eigenvalue weighted by atomic mass is 19.1. The molecule has 2 aromatic heterocycles. The topological polar surface area (TPSA) is 117 Å². The maximum Gasteiger partial charge on any atom is 0.262 e. The van der Waals surface area contributed by atoms with Crippen molar-refractivity contribution < 1.29 is 23.1 Å². The molecule has 0 aliphatic carbocycles. The number of nitrogens with zero attached hydrogens (tertiary/aromatic N) is 1. The zero-order chi connectivity index (χ0) is 19.1. The smallest absolute Gasteiger partial charge is 0.262 e. The molecule has 9 heteroatoms. The van der Waals surface area contributed by atoms with Gasteiger partial charge >= 0.3 is 0 Å². The lowest BCUT2D eigenvalue weighted by molar-refractivity contribution is 0.0880. The summed E-state index contributed by atoms with van der Waals surface area (Å²) in [7, 11) is 0. The van der Waals surface area contributed by atoms with Crippen LogP contribution >= 0.6 is 0 Å². The first kappa shape index (κ1) is 16.6. The van der Waals surface area contributed by atoms with E-state index in [2.05, 4.69) is 5.32 Å². The highest BCUT2D eigenvalue weighted by molar-refractivity contribution is 6.23. The van der Waals surface area contributed by atoms with Crippen molar-refractivity contribution in [3.8, 4) is 11.4 Å². The summed E-state index contributed by atoms with van der Waals surface area (Å²) < 4.78 is 25.8. The Morgan fingerprint density at radius 1 is 1.15 bits per heavy atom. The van der Waals surface area contributed by atoms with E-state index in [0.717, 1.165) is 16.7 Å². The van der Waals surface area contributed by atoms with Crippen molar-refractivity contribution >= 4 is 17.6 Å². The second-order valence-corrected chi connectivity index (χ2v) is 5.76. The van der Waals surface area contributed by atoms with Crippen LogP contribution in [0.15, 0.2) is 51.9 Å². The van der Waals surface area contributed by atoms with E-state index in [1.54, 1.807) is 12.1 Å². The molecule has 0 unspecified atom stereocenters. The molecule has 0 radical (unpaired) electrons. The number of nitrogens with one attached hydrogen (secondary N) is 1. The van der Waals surface area contributed by atoms with E-state index in [4.69, 9.17) is 14.9 Å². The zero-order valence-corrected chi connectivity index (χ0v) is 13.7. The van der Waals surface area contributed by atoms with E-state index in [-0.39, 0.29) is 35.0 Å². The molecule has 1 aromatic carbocycles. The Hall–Kier alpha value is -3.88. The normalized spacial score (nSPS) is 12.8. The quantitative estimate of drug-likeness (QED) is 0.675. The van der Waals surface area contributed by atoms with Gasteiger partial charge in [-0.25, -0.2) is 4.39 Å². The zero-order valence-electron chi connectivity index (χ0n) is 13.7. The minimum Gasteiger partial charge on any atom is -0.483 e. The molecule has 0 fully saturated rings. The van der Waals surface area contributed by atoms with Crippen molar-refractivity contribution in [1.82, 2.24) is 9.88 Å². The van der Waals surface area contributed by atoms with Gasteiger partial charge in [-0.3, -0.25) is 24.3 Å². The van der Waals surface area contributed by atoms with E-state index in [0.29, 0.717) is 5.76 Å². The fourth-order valence-corrected chi connectivity index (χ4v) is 2.84. The molecule has 1 aliphatic rings. The van der Waals surface area contributed by atoms with Crippen molar-refractivity contribution in [3.63, 3.8) is 0 Å². The number of hydrogen-bond acceptors (Lipinski definition) is 6. The van der Waals surface area contributed by atoms with E-state index >= 15 is 0 Å². The third kappa shape index (κ3) is 2.74. The number of hydrogen-bond donors (Lipinski definition) is 2. The van der Waals surface area contributed by atoms with Gasteiger partial charge in [-0.1, -0.05) is 0 Å². The van der Waals surface area contributed by atoms with Crippen molar-refractivity contribution in [1.29, 1.82) is 0 Å². The second-order valence-electron chi connectivity index (χ2n) is 5.76. The summed E-state index contributed by atoms with van der Waals surface area (Å²) in [4.78, 5) is 35.9. The van der Waals surface area contributed by atoms with Gasteiger partial charge in [-0.2, -0.15) is 0 Å². The summed E-state index contributed by atoms with van der Waals surface area (Å²) in [5.41, 5.74) is 5.13. The molecule has 0 bridgehead atoms. The third-order valence-electron chi connectivity index (χ3n) is 4.08. The van der Waals surface area contributed by atoms with Crippen molar-refractivity contribution in [2.75, 3.05) is 5.73 Å². The van der Waals surface area contributed by atoms with E-state index in [9.17, 15) is 18.8 Å². The molecule has 4 rings (SSSR count). The van der Waals surface area contributed by atoms with Gasteiger partial charge in [-0.15, -0.1) is 0 Å². The summed E-state index contributed by atoms with van der Waals surface area (Å²) in [6.45, 7) is 0.0342. The van der Waals surface area contributed by atoms with Crippen LogP contribution in [-0.2, 0) is 6.61 Å². The average Bonchev–Trinajstić information content (AvgIpc) is 3.22. The molecule has 3 N–H and O–H groups in total. The van der Waals surface area contributed by atoms with Gasteiger partial charge in [0.2, 0.25) is 0 Å². The fourth-order valence-electron chi connectivity index (χ4n) is 2.84. The van der Waals surface area contributed by atoms with Crippen LogP contribution in [0.5, 0.6) is 5.75 Å². The van der Waals surface area contributed by atoms with Gasteiger partial charge in [0.25, 0.3) is 17.4 Å². The summed E-state index contributed by atoms with van der Waals surface area (Å²) in [5.74, 6) is -1.90. The number of benzene rings is 1. The highest BCUT2D eigenvalue weighted by Crippen LogP contribution is 2.26. The standard InChI is InChI=1S/C18H12FN3O5/c19-12-6-9(3-4-13(12)27-8-10-2-1-5-26-10)22-14(23)7-11-15(16(22)20)18(25)21-17(11)24/h1-7H,8,20H2,(H,21,24,25). The Morgan fingerprint density at radius 3 is 2.67 bits per heavy atom. The number of ether oxygens (including phenoxy) is 1. The van der Waals surface area contributed by atoms with Gasteiger partial charge in [0, 0.05) is 12.1 Å². The maximum atomic E-state index is 14.4. The fraction of sp³-hybridized carbons (Fsp3) is 0.0556. The van der Waals surface area contributed by atoms with Gasteiger partial charge in [0.15, 0.2) is 11.6 Å². The lowest BCUT2D eigenvalue weighted by atomic mass is 10.1. The molecule has 8 nitrogen and oxygen atoms in total. The second kappa shape index (κ2) is 6.13. The maximum absolute atomic E-state index is 14.4. The molecule has 0 spiro atoms. The molecule has 0 atom stereocenters. The summed E-state index contributed by atoms with van der Waals surface area (Å²) in [6.07, 6.45) is 1.47. The Morgan fingerprint density at radius 2 is 1.96 bits per heavy atom. The number of pyridine rings is 1. The molecular weight excluding hydrogens is 357 g/mol. The van der Waals surface area contributed by atoms with E-state index in [1.807, 2.05) is 0 Å². The van der Waals surface area contributed by atoms with Crippen LogP contribution < -0.4 is 21.3 Å². The van der Waals surface area contributed by atoms with Gasteiger partial charge in [0.05, 0.1) is 23.1 Å². The number of amides is 2. The van der Waals surface area contributed by atoms with Crippen LogP contribution in [0.1, 0.15) is 26.5 Å². The first-order chi connectivity index (χ1) is 13.0. The lowest BCUT2D eigenvalue weighted by Crippen LogP contribution is -2.24. The molecule has 2 amide bonds. The molecule has 1 aliphatic heterocycles. The predicted octanol–water partition coefficient (Wildman–Crippen LogP) is 1.61. The van der Waals surface area contributed by atoms with Crippen LogP contribution in [0, 0.1) is 5.82 Å². The van der Waals surface area contributed by atoms with Crippen molar-refractivity contribution in [2.45, 2.75) is 6.61 Å². The van der Waals surface area contributed by atoms with Crippen LogP contribution in [0.3, 0.4) is 0 Å². The van der Waals surface area contributed by atoms with Gasteiger partial charge < -0.3 is 14.9 Å². The molecule has 3 heterocycles. The van der Waals surface area contributed by atoms with Crippen LogP contribution in [0.4, 0.5) is 10.2 Å². The minimum atomic E-state index is -0.730. The highest BCUT2D eigenvalue weighted by Gasteiger charge is 2.31. The Kier molecular flexibility index (Phi) is 3.76. The SMILES string of the molecule is Nc1c2c(cc(=O)n1-c1ccc(OCc3ccco3)c(F)c1)C(=O)NC2=O. The number of furan rings is 1. The minimum absolute atomic E-state index is 0.0342. The van der Waals surface area contributed by atoms with Crippen LogP contribution in [0.2, 0.25) is 0 Å². The number of anilines is 1. The molecule has 27 heavy (non-hydrogen) atoms. The van der Waals surface area contributed by atoms with Crippen LogP contribution in [0.25, 0.3) is 5.69 Å². The molecule has 3 aromatic rings. The van der Waals surface area contributed by atoms with Gasteiger partial charge in [-0.05, 0) is 24.3 Å². The lowest BCUT2D eigenvalue weighted by Gasteiger charge is -2.13. The van der Waals surface area contributed by atoms with Crippen LogP contribution in [-0.4, -0.2) is 16.4 Å². The first-order valence-corrected chi connectivity index (χ1v) is 7.82. The molecule has 0 saturated carbocycles. The number of imide groups is 1. The summed E-state index contributed by atoms with van der Waals surface area (Å²) in [6, 6.07) is 8.16. The number of halogens is 1. The summed E-state index contributed by atoms with van der Waals surface area (Å²) in [5, 5.41) is 2.07. The van der Waals surface area contributed by atoms with E-state index in [1.165, 1.54) is 18.4 Å². The van der Waals surface area contributed by atoms with Crippen molar-refractivity contribution in [2.24, 2.45) is 0 Å². The number of carbonyl (C=O) groups excluding carboxylic acids is 2. The predicted molar refractivity (Wildman–Crippen MR) is 91.2 cm³/mol. The number of nitrogen functional groups attached to an aromatic ring is 1. The number of aromatic nitrogens is 1. The number of carbonyl (C=O) groups is 2. The summed E-state index contributed by atoms with van der Waals surface area (Å²) >= 11 is 0. The first-order valence-electron chi connectivity index (χ1n) is 7.82. The molecular formula is C18H12FN3O5. The monoisotopic (exact) mass is 369 g/mol. The van der Waals surface area contributed by atoms with Crippen molar-refractivity contribution in [3.05, 3.63) is 75.7 Å². The van der Waals surface area contributed by atoms with E-state index < -0.39 is 23.2 Å². The third-order valence-corrected chi connectivity index (χ3v) is 4.08. The molecule has 136 valence electrons. The average molecular weight is 369 g/mol. The van der Waals surface area contributed by atoms with Gasteiger partial charge in [0.1, 0.15) is 18.2 Å².